The number of hydrogen-bond acceptors (Lipinski definition) is 1. The van der Waals surface area contributed by atoms with Crippen LogP contribution in [0.4, 0.5) is 22.0 Å². The van der Waals surface area contributed by atoms with Crippen LogP contribution in [-0.4, -0.2) is 9.55 Å². The Morgan fingerprint density at radius 2 is 1.43 bits per heavy atom. The van der Waals surface area contributed by atoms with Crippen molar-refractivity contribution in [3.05, 3.63) is 64.7 Å². The fourth-order valence-corrected chi connectivity index (χ4v) is 2.52. The minimum atomic E-state index is -2.16. The van der Waals surface area contributed by atoms with Gasteiger partial charge >= 0.3 is 0 Å². The molecule has 0 atom stereocenters. The summed E-state index contributed by atoms with van der Waals surface area (Å²) in [6, 6.07) is 6.84. The lowest BCUT2D eigenvalue weighted by Crippen LogP contribution is -2.12. The van der Waals surface area contributed by atoms with Gasteiger partial charge < -0.3 is 4.57 Å². The third-order valence-corrected chi connectivity index (χ3v) is 3.67. The Morgan fingerprint density at radius 3 is 2.04 bits per heavy atom. The Balaban J connectivity index is 2.21. The fourth-order valence-electron chi connectivity index (χ4n) is 2.52. The molecule has 23 heavy (non-hydrogen) atoms. The number of aromatic nitrogens is 2. The largest absolute Gasteiger partial charge is 0.323 e. The van der Waals surface area contributed by atoms with Crippen molar-refractivity contribution in [1.82, 2.24) is 9.55 Å². The molecule has 0 bridgehead atoms. The van der Waals surface area contributed by atoms with Gasteiger partial charge in [-0.2, -0.15) is 0 Å². The van der Waals surface area contributed by atoms with Gasteiger partial charge in [-0.3, -0.25) is 0 Å². The molecule has 7 heteroatoms. The van der Waals surface area contributed by atoms with Crippen LogP contribution in [0.2, 0.25) is 0 Å². The monoisotopic (exact) mass is 326 g/mol. The van der Waals surface area contributed by atoms with Crippen LogP contribution in [0.25, 0.3) is 11.0 Å². The Kier molecular flexibility index (Phi) is 3.79. The van der Waals surface area contributed by atoms with Crippen molar-refractivity contribution in [1.29, 1.82) is 0 Å². The smallest absolute Gasteiger partial charge is 0.200 e. The van der Waals surface area contributed by atoms with Crippen molar-refractivity contribution in [3.8, 4) is 0 Å². The van der Waals surface area contributed by atoms with Crippen LogP contribution in [0.3, 0.4) is 0 Å². The highest BCUT2D eigenvalue weighted by molar-refractivity contribution is 5.76. The molecule has 0 unspecified atom stereocenters. The van der Waals surface area contributed by atoms with Gasteiger partial charge in [-0.15, -0.1) is 0 Å². The summed E-state index contributed by atoms with van der Waals surface area (Å²) in [5.41, 5.74) is 0.278. The molecule has 0 aliphatic rings. The van der Waals surface area contributed by atoms with Crippen molar-refractivity contribution < 1.29 is 22.0 Å². The molecule has 1 heterocycles. The van der Waals surface area contributed by atoms with Crippen LogP contribution < -0.4 is 0 Å². The third kappa shape index (κ3) is 2.36. The van der Waals surface area contributed by atoms with E-state index < -0.39 is 41.2 Å². The highest BCUT2D eigenvalue weighted by Gasteiger charge is 2.26. The topological polar surface area (TPSA) is 17.8 Å². The summed E-state index contributed by atoms with van der Waals surface area (Å²) in [6.07, 6.45) is 0.448. The number of hydrogen-bond donors (Lipinski definition) is 0. The van der Waals surface area contributed by atoms with E-state index in [9.17, 15) is 22.0 Å². The number of nitrogens with zero attached hydrogens (tertiary/aromatic N) is 2. The quantitative estimate of drug-likeness (QED) is 0.398. The molecule has 2 aromatic carbocycles. The average Bonchev–Trinajstić information content (AvgIpc) is 2.93. The zero-order valence-corrected chi connectivity index (χ0v) is 12.0. The number of rotatable bonds is 3. The van der Waals surface area contributed by atoms with Gasteiger partial charge in [0.05, 0.1) is 17.6 Å². The molecule has 0 amide bonds. The Hall–Kier alpha value is -2.44. The predicted octanol–water partition coefficient (Wildman–Crippen LogP) is 4.34. The Morgan fingerprint density at radius 1 is 0.870 bits per heavy atom. The van der Waals surface area contributed by atoms with Crippen LogP contribution in [0.1, 0.15) is 18.3 Å². The molecule has 0 saturated carbocycles. The van der Waals surface area contributed by atoms with Gasteiger partial charge in [-0.05, 0) is 12.1 Å². The van der Waals surface area contributed by atoms with E-state index in [2.05, 4.69) is 4.98 Å². The molecule has 1 aromatic heterocycles. The Labute approximate surface area is 128 Å². The van der Waals surface area contributed by atoms with Gasteiger partial charge in [0.2, 0.25) is 5.82 Å². The van der Waals surface area contributed by atoms with Crippen LogP contribution in [0.15, 0.2) is 24.3 Å². The van der Waals surface area contributed by atoms with Crippen molar-refractivity contribution in [3.63, 3.8) is 0 Å². The second kappa shape index (κ2) is 5.64. The lowest BCUT2D eigenvalue weighted by molar-refractivity contribution is 0.368. The van der Waals surface area contributed by atoms with Crippen molar-refractivity contribution in [2.75, 3.05) is 0 Å². The van der Waals surface area contributed by atoms with Gasteiger partial charge in [0.1, 0.15) is 5.82 Å². The summed E-state index contributed by atoms with van der Waals surface area (Å²) in [4.78, 5) is 4.31. The van der Waals surface area contributed by atoms with E-state index >= 15 is 0 Å². The first-order valence-electron chi connectivity index (χ1n) is 6.90. The highest BCUT2D eigenvalue weighted by atomic mass is 19.2. The van der Waals surface area contributed by atoms with E-state index in [0.717, 1.165) is 0 Å². The average molecular weight is 326 g/mol. The number of aryl methyl sites for hydroxylation is 1. The molecule has 0 spiro atoms. The standard InChI is InChI=1S/C16H11F5N2/c1-2-11-22-9-5-3-4-6-10(9)23(11)7-8-12(17)14(19)16(21)15(20)13(8)18/h3-6H,2,7H2,1H3. The van der Waals surface area contributed by atoms with Gasteiger partial charge in [0.15, 0.2) is 23.3 Å². The maximum absolute atomic E-state index is 13.9. The second-order valence-corrected chi connectivity index (χ2v) is 5.00. The number of fused-ring (bicyclic) bond motifs is 1. The van der Waals surface area contributed by atoms with Crippen LogP contribution in [0.5, 0.6) is 0 Å². The molecule has 120 valence electrons. The van der Waals surface area contributed by atoms with Crippen LogP contribution in [0, 0.1) is 29.1 Å². The number of para-hydroxylation sites is 2. The molecule has 0 aliphatic heterocycles. The molecular formula is C16H11F5N2. The van der Waals surface area contributed by atoms with Gasteiger partial charge in [-0.1, -0.05) is 19.1 Å². The molecular weight excluding hydrogens is 315 g/mol. The maximum atomic E-state index is 13.9. The van der Waals surface area contributed by atoms with Gasteiger partial charge in [0, 0.05) is 12.0 Å². The molecule has 0 N–H and O–H groups in total. The molecule has 0 saturated heterocycles. The van der Waals surface area contributed by atoms with Crippen LogP contribution >= 0.6 is 0 Å². The number of benzene rings is 2. The lowest BCUT2D eigenvalue weighted by Gasteiger charge is -2.12. The SMILES string of the molecule is CCc1nc2ccccc2n1Cc1c(F)c(F)c(F)c(F)c1F. The van der Waals surface area contributed by atoms with Crippen molar-refractivity contribution in [2.45, 2.75) is 19.9 Å². The normalized spacial score (nSPS) is 11.4. The first-order chi connectivity index (χ1) is 11.0. The fraction of sp³-hybridized carbons (Fsp3) is 0.188. The van der Waals surface area contributed by atoms with E-state index in [4.69, 9.17) is 0 Å². The zero-order chi connectivity index (χ0) is 16.7. The number of halogens is 5. The highest BCUT2D eigenvalue weighted by Crippen LogP contribution is 2.26. The van der Waals surface area contributed by atoms with E-state index in [0.29, 0.717) is 23.3 Å². The summed E-state index contributed by atoms with van der Waals surface area (Å²) in [5, 5.41) is 0. The summed E-state index contributed by atoms with van der Waals surface area (Å²) in [7, 11) is 0. The lowest BCUT2D eigenvalue weighted by atomic mass is 10.1. The van der Waals surface area contributed by atoms with Crippen molar-refractivity contribution in [2.24, 2.45) is 0 Å². The van der Waals surface area contributed by atoms with Gasteiger partial charge in [-0.25, -0.2) is 26.9 Å². The van der Waals surface area contributed by atoms with Gasteiger partial charge in [0.25, 0.3) is 0 Å². The van der Waals surface area contributed by atoms with E-state index in [1.165, 1.54) is 4.57 Å². The minimum absolute atomic E-state index is 0.448. The minimum Gasteiger partial charge on any atom is -0.323 e. The predicted molar refractivity (Wildman–Crippen MR) is 74.4 cm³/mol. The zero-order valence-electron chi connectivity index (χ0n) is 12.0. The third-order valence-electron chi connectivity index (χ3n) is 3.67. The van der Waals surface area contributed by atoms with Crippen LogP contribution in [-0.2, 0) is 13.0 Å². The Bertz CT molecular complexity index is 872. The molecule has 3 aromatic rings. The van der Waals surface area contributed by atoms with E-state index in [1.807, 2.05) is 0 Å². The first kappa shape index (κ1) is 15.5. The number of imidazole rings is 1. The first-order valence-corrected chi connectivity index (χ1v) is 6.90. The maximum Gasteiger partial charge on any atom is 0.200 e. The van der Waals surface area contributed by atoms with E-state index in [-0.39, 0.29) is 0 Å². The molecule has 0 radical (unpaired) electrons. The summed E-state index contributed by atoms with van der Waals surface area (Å²) < 4.78 is 69.0. The summed E-state index contributed by atoms with van der Waals surface area (Å²) >= 11 is 0. The second-order valence-electron chi connectivity index (χ2n) is 5.00. The molecule has 3 rings (SSSR count). The van der Waals surface area contributed by atoms with Crippen molar-refractivity contribution >= 4 is 11.0 Å². The summed E-state index contributed by atoms with van der Waals surface area (Å²) in [5.74, 6) is -9.18. The molecule has 0 fully saturated rings. The molecule has 0 aliphatic carbocycles. The van der Waals surface area contributed by atoms with E-state index in [1.54, 1.807) is 31.2 Å². The summed E-state index contributed by atoms with van der Waals surface area (Å²) in [6.45, 7) is 1.30. The molecule has 2 nitrogen and oxygen atoms in total.